The number of rotatable bonds is 7. The molecule has 0 spiro atoms. The van der Waals surface area contributed by atoms with E-state index in [0.717, 1.165) is 30.5 Å². The van der Waals surface area contributed by atoms with E-state index in [2.05, 4.69) is 16.0 Å². The van der Waals surface area contributed by atoms with Gasteiger partial charge >= 0.3 is 6.03 Å². The predicted octanol–water partition coefficient (Wildman–Crippen LogP) is 3.41. The Morgan fingerprint density at radius 2 is 1.83 bits per heavy atom. The van der Waals surface area contributed by atoms with Crippen LogP contribution < -0.4 is 25.4 Å². The molecule has 1 aliphatic carbocycles. The third-order valence-electron chi connectivity index (χ3n) is 7.38. The van der Waals surface area contributed by atoms with Crippen LogP contribution >= 0.6 is 0 Å². The minimum atomic E-state index is -1.03. The van der Waals surface area contributed by atoms with Crippen molar-refractivity contribution in [2.24, 2.45) is 0 Å². The molecule has 3 amide bonds. The molecule has 3 unspecified atom stereocenters. The molecule has 194 valence electrons. The first kappa shape index (κ1) is 25.7. The highest BCUT2D eigenvalue weighted by molar-refractivity contribution is 5.89. The van der Waals surface area contributed by atoms with Crippen LogP contribution in [0.1, 0.15) is 31.2 Å². The van der Waals surface area contributed by atoms with Crippen LogP contribution in [-0.2, 0) is 10.2 Å². The largest absolute Gasteiger partial charge is 0.493 e. The Hall–Kier alpha value is -3.40. The molecule has 2 fully saturated rings. The lowest BCUT2D eigenvalue weighted by Gasteiger charge is -2.45. The second-order valence-corrected chi connectivity index (χ2v) is 9.31. The van der Waals surface area contributed by atoms with Gasteiger partial charge in [-0.1, -0.05) is 6.07 Å². The van der Waals surface area contributed by atoms with E-state index in [-0.39, 0.29) is 35.6 Å². The normalized spacial score (nSPS) is 23.1. The summed E-state index contributed by atoms with van der Waals surface area (Å²) in [4.78, 5) is 27.5. The summed E-state index contributed by atoms with van der Waals surface area (Å²) < 4.78 is 37.7. The van der Waals surface area contributed by atoms with Crippen molar-refractivity contribution in [3.05, 3.63) is 53.6 Å². The first-order valence-corrected chi connectivity index (χ1v) is 12.0. The van der Waals surface area contributed by atoms with Gasteiger partial charge in [0, 0.05) is 35.8 Å². The van der Waals surface area contributed by atoms with E-state index in [1.165, 1.54) is 6.07 Å². The van der Waals surface area contributed by atoms with E-state index in [9.17, 15) is 18.4 Å². The van der Waals surface area contributed by atoms with Crippen LogP contribution in [0.5, 0.6) is 11.5 Å². The number of halogens is 2. The number of likely N-dealkylation sites (N-methyl/N-ethyl adjacent to an activating group) is 1. The first-order valence-electron chi connectivity index (χ1n) is 12.0. The topological polar surface area (TPSA) is 91.9 Å². The molecular formula is C26H32F2N4O4. The minimum absolute atomic E-state index is 0.0109. The van der Waals surface area contributed by atoms with Crippen LogP contribution in [0.3, 0.4) is 0 Å². The number of amides is 3. The standard InChI is InChI=1S/C26H32F2N4O4/c1-29-15-24(33)32-11-10-26(16-4-7-21(35-2)22(12-16)36-3)9-8-18(14-23(26)32)31-25(34)30-17-5-6-19(27)20(28)13-17/h4-7,12-13,18,23,29H,8-11,14-15H2,1-3H3,(H2,30,31,34). The van der Waals surface area contributed by atoms with E-state index in [1.54, 1.807) is 21.3 Å². The van der Waals surface area contributed by atoms with Crippen molar-refractivity contribution in [3.8, 4) is 11.5 Å². The quantitative estimate of drug-likeness (QED) is 0.540. The summed E-state index contributed by atoms with van der Waals surface area (Å²) in [6.45, 7) is 0.848. The number of nitrogens with one attached hydrogen (secondary N) is 3. The lowest BCUT2D eigenvalue weighted by molar-refractivity contribution is -0.132. The van der Waals surface area contributed by atoms with Gasteiger partial charge in [0.15, 0.2) is 23.1 Å². The summed E-state index contributed by atoms with van der Waals surface area (Å²) in [6.07, 6.45) is 2.82. The van der Waals surface area contributed by atoms with Crippen molar-refractivity contribution >= 4 is 17.6 Å². The fourth-order valence-corrected chi connectivity index (χ4v) is 5.64. The minimum Gasteiger partial charge on any atom is -0.493 e. The number of carbonyl (C=O) groups is 2. The molecule has 2 aromatic carbocycles. The number of anilines is 1. The maximum Gasteiger partial charge on any atom is 0.319 e. The smallest absolute Gasteiger partial charge is 0.319 e. The van der Waals surface area contributed by atoms with Crippen LogP contribution in [0.15, 0.2) is 36.4 Å². The fraction of sp³-hybridized carbons (Fsp3) is 0.462. The van der Waals surface area contributed by atoms with Crippen LogP contribution in [-0.4, -0.2) is 63.3 Å². The zero-order chi connectivity index (χ0) is 25.9. The van der Waals surface area contributed by atoms with Crippen molar-refractivity contribution in [2.75, 3.05) is 39.7 Å². The van der Waals surface area contributed by atoms with Crippen LogP contribution in [0.25, 0.3) is 0 Å². The van der Waals surface area contributed by atoms with Crippen molar-refractivity contribution < 1.29 is 27.8 Å². The number of ether oxygens (including phenoxy) is 2. The lowest BCUT2D eigenvalue weighted by atomic mass is 9.65. The van der Waals surface area contributed by atoms with Gasteiger partial charge in [-0.3, -0.25) is 4.79 Å². The average molecular weight is 503 g/mol. The van der Waals surface area contributed by atoms with Gasteiger partial charge < -0.3 is 30.3 Å². The fourth-order valence-electron chi connectivity index (χ4n) is 5.64. The Morgan fingerprint density at radius 3 is 2.53 bits per heavy atom. The molecule has 1 saturated heterocycles. The van der Waals surface area contributed by atoms with Crippen molar-refractivity contribution in [3.63, 3.8) is 0 Å². The second kappa shape index (κ2) is 10.7. The number of hydrogen-bond donors (Lipinski definition) is 3. The molecule has 3 atom stereocenters. The van der Waals surface area contributed by atoms with Crippen LogP contribution in [0.2, 0.25) is 0 Å². The maximum absolute atomic E-state index is 13.5. The summed E-state index contributed by atoms with van der Waals surface area (Å²) in [7, 11) is 4.93. The SMILES string of the molecule is CNCC(=O)N1CCC2(c3ccc(OC)c(OC)c3)CCC(NC(=O)Nc3ccc(F)c(F)c3)CC12. The Morgan fingerprint density at radius 1 is 1.06 bits per heavy atom. The summed E-state index contributed by atoms with van der Waals surface area (Å²) in [6, 6.07) is 8.28. The Bertz CT molecular complexity index is 1130. The highest BCUT2D eigenvalue weighted by atomic mass is 19.2. The highest BCUT2D eigenvalue weighted by Crippen LogP contribution is 2.50. The van der Waals surface area contributed by atoms with Crippen LogP contribution in [0.4, 0.5) is 19.3 Å². The number of urea groups is 1. The second-order valence-electron chi connectivity index (χ2n) is 9.31. The molecule has 10 heteroatoms. The highest BCUT2D eigenvalue weighted by Gasteiger charge is 2.53. The molecule has 0 radical (unpaired) electrons. The Balaban J connectivity index is 1.55. The number of carbonyl (C=O) groups excluding carboxylic acids is 2. The van der Waals surface area contributed by atoms with Gasteiger partial charge in [0.2, 0.25) is 5.91 Å². The molecule has 1 saturated carbocycles. The van der Waals surface area contributed by atoms with Crippen LogP contribution in [0, 0.1) is 11.6 Å². The average Bonchev–Trinajstić information content (AvgIpc) is 3.26. The lowest BCUT2D eigenvalue weighted by Crippen LogP contribution is -2.54. The number of fused-ring (bicyclic) bond motifs is 1. The molecule has 4 rings (SSSR count). The van der Waals surface area contributed by atoms with E-state index >= 15 is 0 Å². The maximum atomic E-state index is 13.5. The third kappa shape index (κ3) is 4.95. The van der Waals surface area contributed by atoms with Crippen molar-refractivity contribution in [1.29, 1.82) is 0 Å². The molecule has 2 aliphatic rings. The van der Waals surface area contributed by atoms with Gasteiger partial charge in [-0.15, -0.1) is 0 Å². The van der Waals surface area contributed by atoms with Gasteiger partial charge in [0.25, 0.3) is 0 Å². The Kier molecular flexibility index (Phi) is 7.63. The summed E-state index contributed by atoms with van der Waals surface area (Å²) in [5.41, 5.74) is 0.959. The Labute approximate surface area is 209 Å². The van der Waals surface area contributed by atoms with Crippen molar-refractivity contribution in [2.45, 2.75) is 43.2 Å². The molecule has 0 aromatic heterocycles. The number of benzene rings is 2. The van der Waals surface area contributed by atoms with Gasteiger partial charge in [0.1, 0.15) is 0 Å². The van der Waals surface area contributed by atoms with Gasteiger partial charge in [-0.05, 0) is 62.6 Å². The number of likely N-dealkylation sites (tertiary alicyclic amines) is 1. The number of nitrogens with zero attached hydrogens (tertiary/aromatic N) is 1. The zero-order valence-corrected chi connectivity index (χ0v) is 20.7. The molecule has 0 bridgehead atoms. The number of hydrogen-bond acceptors (Lipinski definition) is 5. The molecule has 2 aromatic rings. The van der Waals surface area contributed by atoms with Gasteiger partial charge in [-0.2, -0.15) is 0 Å². The molecule has 3 N–H and O–H groups in total. The molecule has 1 heterocycles. The zero-order valence-electron chi connectivity index (χ0n) is 20.7. The van der Waals surface area contributed by atoms with Gasteiger partial charge in [-0.25, -0.2) is 13.6 Å². The first-order chi connectivity index (χ1) is 17.3. The number of methoxy groups -OCH3 is 2. The molecule has 8 nitrogen and oxygen atoms in total. The molecule has 36 heavy (non-hydrogen) atoms. The summed E-state index contributed by atoms with van der Waals surface area (Å²) >= 11 is 0. The summed E-state index contributed by atoms with van der Waals surface area (Å²) in [5, 5.41) is 8.45. The van der Waals surface area contributed by atoms with E-state index in [4.69, 9.17) is 9.47 Å². The van der Waals surface area contributed by atoms with E-state index in [0.29, 0.717) is 30.9 Å². The third-order valence-corrected chi connectivity index (χ3v) is 7.38. The monoisotopic (exact) mass is 502 g/mol. The molecule has 1 aliphatic heterocycles. The molecular weight excluding hydrogens is 470 g/mol. The van der Waals surface area contributed by atoms with Gasteiger partial charge in [0.05, 0.1) is 20.8 Å². The van der Waals surface area contributed by atoms with E-state index < -0.39 is 17.7 Å². The van der Waals surface area contributed by atoms with Crippen molar-refractivity contribution in [1.82, 2.24) is 15.5 Å². The predicted molar refractivity (Wildman–Crippen MR) is 131 cm³/mol. The van der Waals surface area contributed by atoms with E-state index in [1.807, 2.05) is 23.1 Å². The summed E-state index contributed by atoms with van der Waals surface area (Å²) in [5.74, 6) is -0.729.